The van der Waals surface area contributed by atoms with Crippen LogP contribution >= 0.6 is 0 Å². The zero-order valence-electron chi connectivity index (χ0n) is 9.41. The second kappa shape index (κ2) is 5.48. The zero-order chi connectivity index (χ0) is 11.3. The number of carbonyl (C=O) groups excluding carboxylic acids is 1. The van der Waals surface area contributed by atoms with Crippen LogP contribution in [0.15, 0.2) is 0 Å². The van der Waals surface area contributed by atoms with Crippen LogP contribution in [0.1, 0.15) is 55.2 Å². The average Bonchev–Trinajstić information content (AvgIpc) is 2.73. The maximum absolute atomic E-state index is 11.3. The SMILES string of the molecule is CCCCC(C)c1n[nH]nc1C(=O)OC. The van der Waals surface area contributed by atoms with E-state index in [0.717, 1.165) is 19.3 Å². The second-order valence-electron chi connectivity index (χ2n) is 3.59. The van der Waals surface area contributed by atoms with Crippen molar-refractivity contribution in [3.8, 4) is 0 Å². The van der Waals surface area contributed by atoms with Crippen LogP contribution in [0.25, 0.3) is 0 Å². The van der Waals surface area contributed by atoms with E-state index in [9.17, 15) is 4.79 Å². The van der Waals surface area contributed by atoms with Gasteiger partial charge in [-0.2, -0.15) is 10.3 Å². The average molecular weight is 211 g/mol. The number of nitrogens with one attached hydrogen (secondary N) is 1. The lowest BCUT2D eigenvalue weighted by molar-refractivity contribution is 0.0592. The van der Waals surface area contributed by atoms with Gasteiger partial charge in [0.05, 0.1) is 7.11 Å². The number of esters is 1. The minimum Gasteiger partial charge on any atom is -0.464 e. The molecule has 0 aliphatic carbocycles. The lowest BCUT2D eigenvalue weighted by atomic mass is 9.99. The van der Waals surface area contributed by atoms with Gasteiger partial charge >= 0.3 is 5.97 Å². The Morgan fingerprint density at radius 3 is 2.87 bits per heavy atom. The molecule has 1 heterocycles. The molecule has 1 rings (SSSR count). The van der Waals surface area contributed by atoms with Gasteiger partial charge in [0, 0.05) is 5.92 Å². The van der Waals surface area contributed by atoms with Gasteiger partial charge in [0.25, 0.3) is 0 Å². The number of ether oxygens (including phenoxy) is 1. The molecule has 0 aliphatic heterocycles. The van der Waals surface area contributed by atoms with Crippen molar-refractivity contribution in [3.05, 3.63) is 11.4 Å². The van der Waals surface area contributed by atoms with E-state index < -0.39 is 5.97 Å². The Morgan fingerprint density at radius 2 is 2.27 bits per heavy atom. The molecular formula is C10H17N3O2. The predicted molar refractivity (Wildman–Crippen MR) is 55.7 cm³/mol. The molecule has 15 heavy (non-hydrogen) atoms. The van der Waals surface area contributed by atoms with E-state index >= 15 is 0 Å². The number of rotatable bonds is 5. The van der Waals surface area contributed by atoms with E-state index in [4.69, 9.17) is 0 Å². The van der Waals surface area contributed by atoms with Crippen LogP contribution in [0, 0.1) is 0 Å². The molecule has 0 aromatic carbocycles. The van der Waals surface area contributed by atoms with Crippen molar-refractivity contribution in [2.24, 2.45) is 0 Å². The first-order chi connectivity index (χ1) is 7.20. The van der Waals surface area contributed by atoms with Gasteiger partial charge in [0.2, 0.25) is 0 Å². The Hall–Kier alpha value is -1.39. The summed E-state index contributed by atoms with van der Waals surface area (Å²) < 4.78 is 4.63. The van der Waals surface area contributed by atoms with Crippen LogP contribution in [0.2, 0.25) is 0 Å². The molecule has 1 N–H and O–H groups in total. The van der Waals surface area contributed by atoms with Crippen LogP contribution in [0.4, 0.5) is 0 Å². The minimum absolute atomic E-state index is 0.234. The van der Waals surface area contributed by atoms with Crippen LogP contribution in [0.3, 0.4) is 0 Å². The maximum Gasteiger partial charge on any atom is 0.360 e. The van der Waals surface area contributed by atoms with E-state index in [1.807, 2.05) is 6.92 Å². The summed E-state index contributed by atoms with van der Waals surface area (Å²) in [6.45, 7) is 4.18. The number of hydrogen-bond acceptors (Lipinski definition) is 4. The molecule has 0 aliphatic rings. The van der Waals surface area contributed by atoms with Crippen molar-refractivity contribution in [3.63, 3.8) is 0 Å². The van der Waals surface area contributed by atoms with Crippen LogP contribution in [0.5, 0.6) is 0 Å². The number of methoxy groups -OCH3 is 1. The number of aromatic amines is 1. The number of nitrogens with zero attached hydrogens (tertiary/aromatic N) is 2. The first-order valence-electron chi connectivity index (χ1n) is 5.19. The van der Waals surface area contributed by atoms with Crippen molar-refractivity contribution < 1.29 is 9.53 Å². The number of H-pyrrole nitrogens is 1. The summed E-state index contributed by atoms with van der Waals surface area (Å²) in [5, 5.41) is 10.3. The Bertz CT molecular complexity index is 322. The van der Waals surface area contributed by atoms with Crippen LogP contribution < -0.4 is 0 Å². The highest BCUT2D eigenvalue weighted by Crippen LogP contribution is 2.21. The van der Waals surface area contributed by atoms with Crippen molar-refractivity contribution in [1.29, 1.82) is 0 Å². The van der Waals surface area contributed by atoms with Gasteiger partial charge in [0.1, 0.15) is 5.69 Å². The minimum atomic E-state index is -0.429. The Morgan fingerprint density at radius 1 is 1.53 bits per heavy atom. The summed E-state index contributed by atoms with van der Waals surface area (Å²) >= 11 is 0. The van der Waals surface area contributed by atoms with Gasteiger partial charge < -0.3 is 4.74 Å². The van der Waals surface area contributed by atoms with Crippen LogP contribution in [-0.2, 0) is 4.74 Å². The fourth-order valence-electron chi connectivity index (χ4n) is 1.48. The molecular weight excluding hydrogens is 194 g/mol. The molecule has 0 radical (unpaired) electrons. The third-order valence-corrected chi connectivity index (χ3v) is 2.41. The molecule has 1 aromatic rings. The van der Waals surface area contributed by atoms with Gasteiger partial charge in [0.15, 0.2) is 5.69 Å². The predicted octanol–water partition coefficient (Wildman–Crippen LogP) is 1.88. The monoisotopic (exact) mass is 211 g/mol. The topological polar surface area (TPSA) is 67.9 Å². The summed E-state index contributed by atoms with van der Waals surface area (Å²) in [6.07, 6.45) is 3.26. The molecule has 0 fully saturated rings. The van der Waals surface area contributed by atoms with Crippen LogP contribution in [-0.4, -0.2) is 28.5 Å². The smallest absolute Gasteiger partial charge is 0.360 e. The van der Waals surface area contributed by atoms with Gasteiger partial charge in [-0.05, 0) is 6.42 Å². The molecule has 0 saturated carbocycles. The molecule has 84 valence electrons. The second-order valence-corrected chi connectivity index (χ2v) is 3.59. The lowest BCUT2D eigenvalue weighted by Gasteiger charge is -2.07. The molecule has 0 spiro atoms. The highest BCUT2D eigenvalue weighted by Gasteiger charge is 2.20. The Kier molecular flexibility index (Phi) is 4.27. The fourth-order valence-corrected chi connectivity index (χ4v) is 1.48. The highest BCUT2D eigenvalue weighted by molar-refractivity contribution is 5.88. The van der Waals surface area contributed by atoms with E-state index in [1.54, 1.807) is 0 Å². The number of hydrogen-bond donors (Lipinski definition) is 1. The first-order valence-corrected chi connectivity index (χ1v) is 5.19. The molecule has 1 atom stereocenters. The van der Waals surface area contributed by atoms with Crippen molar-refractivity contribution in [2.45, 2.75) is 39.0 Å². The zero-order valence-corrected chi connectivity index (χ0v) is 9.41. The van der Waals surface area contributed by atoms with Gasteiger partial charge in [-0.25, -0.2) is 4.79 Å². The van der Waals surface area contributed by atoms with E-state index in [-0.39, 0.29) is 5.92 Å². The van der Waals surface area contributed by atoms with Crippen molar-refractivity contribution >= 4 is 5.97 Å². The quantitative estimate of drug-likeness (QED) is 0.755. The van der Waals surface area contributed by atoms with Crippen molar-refractivity contribution in [2.75, 3.05) is 7.11 Å². The summed E-state index contributed by atoms with van der Waals surface area (Å²) in [5.41, 5.74) is 1.01. The number of carbonyl (C=O) groups is 1. The molecule has 0 saturated heterocycles. The summed E-state index contributed by atoms with van der Waals surface area (Å²) in [6, 6.07) is 0. The van der Waals surface area contributed by atoms with Gasteiger partial charge in [-0.3, -0.25) is 0 Å². The molecule has 0 amide bonds. The fraction of sp³-hybridized carbons (Fsp3) is 0.700. The van der Waals surface area contributed by atoms with Crippen molar-refractivity contribution in [1.82, 2.24) is 15.4 Å². The number of aromatic nitrogens is 3. The molecule has 1 unspecified atom stereocenters. The highest BCUT2D eigenvalue weighted by atomic mass is 16.5. The molecule has 5 nitrogen and oxygen atoms in total. The van der Waals surface area contributed by atoms with Gasteiger partial charge in [-0.15, -0.1) is 5.10 Å². The largest absolute Gasteiger partial charge is 0.464 e. The van der Waals surface area contributed by atoms with E-state index in [0.29, 0.717) is 11.4 Å². The standard InChI is InChI=1S/C10H17N3O2/c1-4-5-6-7(2)8-9(10(14)15-3)12-13-11-8/h7H,4-6H2,1-3H3,(H,11,12,13). The summed E-state index contributed by atoms with van der Waals surface area (Å²) in [5.74, 6) is -0.195. The number of unbranched alkanes of at least 4 members (excludes halogenated alkanes) is 1. The van der Waals surface area contributed by atoms with Gasteiger partial charge in [-0.1, -0.05) is 26.7 Å². The molecule has 0 bridgehead atoms. The maximum atomic E-state index is 11.3. The lowest BCUT2D eigenvalue weighted by Crippen LogP contribution is -2.07. The summed E-state index contributed by atoms with van der Waals surface area (Å²) in [4.78, 5) is 11.3. The molecule has 1 aromatic heterocycles. The van der Waals surface area contributed by atoms with E-state index in [2.05, 4.69) is 27.1 Å². The Balaban J connectivity index is 2.75. The summed E-state index contributed by atoms with van der Waals surface area (Å²) in [7, 11) is 1.34. The third kappa shape index (κ3) is 2.78. The Labute approximate surface area is 89.2 Å². The molecule has 5 heteroatoms. The third-order valence-electron chi connectivity index (χ3n) is 2.41. The normalized spacial score (nSPS) is 12.5. The first kappa shape index (κ1) is 11.7. The van der Waals surface area contributed by atoms with E-state index in [1.165, 1.54) is 7.11 Å².